The molecule has 1 aromatic carbocycles. The van der Waals surface area contributed by atoms with E-state index in [1.807, 2.05) is 6.07 Å². The van der Waals surface area contributed by atoms with Crippen LogP contribution in [-0.2, 0) is 4.79 Å². The molecule has 1 aromatic rings. The number of hydrazine groups is 1. The number of amides is 1. The maximum atomic E-state index is 11.7. The zero-order valence-corrected chi connectivity index (χ0v) is 9.71. The van der Waals surface area contributed by atoms with Crippen molar-refractivity contribution >= 4 is 11.6 Å². The number of carbonyl (C=O) groups excluding carboxylic acids is 1. The molecule has 0 bridgehead atoms. The van der Waals surface area contributed by atoms with Crippen molar-refractivity contribution < 1.29 is 15.0 Å². The maximum absolute atomic E-state index is 11.7. The number of phenols is 1. The predicted molar refractivity (Wildman–Crippen MR) is 63.5 cm³/mol. The summed E-state index contributed by atoms with van der Waals surface area (Å²) in [5.74, 6) is 0.160. The number of aliphatic hydroxyl groups excluding tert-OH is 1. The van der Waals surface area contributed by atoms with Crippen LogP contribution < -0.4 is 5.01 Å². The summed E-state index contributed by atoms with van der Waals surface area (Å²) in [5.41, 5.74) is 0.761. The molecular formula is C12H16N2O3. The van der Waals surface area contributed by atoms with Gasteiger partial charge in [0.25, 0.3) is 0 Å². The summed E-state index contributed by atoms with van der Waals surface area (Å²) in [5, 5.41) is 22.1. The van der Waals surface area contributed by atoms with Gasteiger partial charge in [-0.25, -0.2) is 0 Å². The molecule has 1 heterocycles. The van der Waals surface area contributed by atoms with E-state index in [4.69, 9.17) is 0 Å². The van der Waals surface area contributed by atoms with Gasteiger partial charge in [0, 0.05) is 19.0 Å². The number of aromatic hydroxyl groups is 1. The van der Waals surface area contributed by atoms with E-state index >= 15 is 0 Å². The molecule has 1 amide bonds. The van der Waals surface area contributed by atoms with Gasteiger partial charge in [0.15, 0.2) is 0 Å². The van der Waals surface area contributed by atoms with E-state index < -0.39 is 6.10 Å². The van der Waals surface area contributed by atoms with E-state index in [1.165, 1.54) is 5.01 Å². The summed E-state index contributed by atoms with van der Waals surface area (Å²) in [7, 11) is 0. The number of anilines is 1. The van der Waals surface area contributed by atoms with Crippen molar-refractivity contribution in [3.8, 4) is 5.75 Å². The lowest BCUT2D eigenvalue weighted by Gasteiger charge is -2.30. The molecular weight excluding hydrogens is 220 g/mol. The van der Waals surface area contributed by atoms with Crippen LogP contribution in [0.5, 0.6) is 5.75 Å². The number of rotatable bonds is 3. The Bertz CT molecular complexity index is 420. The van der Waals surface area contributed by atoms with Crippen LogP contribution in [0, 0.1) is 0 Å². The van der Waals surface area contributed by atoms with E-state index in [2.05, 4.69) is 0 Å². The van der Waals surface area contributed by atoms with Crippen LogP contribution in [0.1, 0.15) is 13.3 Å². The molecule has 2 N–H and O–H groups in total. The van der Waals surface area contributed by atoms with E-state index in [9.17, 15) is 15.0 Å². The molecule has 92 valence electrons. The van der Waals surface area contributed by atoms with Gasteiger partial charge in [-0.2, -0.15) is 0 Å². The van der Waals surface area contributed by atoms with Crippen LogP contribution in [0.2, 0.25) is 0 Å². The fourth-order valence-corrected chi connectivity index (χ4v) is 1.96. The first-order valence-corrected chi connectivity index (χ1v) is 5.63. The molecule has 5 nitrogen and oxygen atoms in total. The zero-order valence-electron chi connectivity index (χ0n) is 9.71. The lowest BCUT2D eigenvalue weighted by atomic mass is 10.3. The fraction of sp³-hybridized carbons (Fsp3) is 0.417. The van der Waals surface area contributed by atoms with Crippen molar-refractivity contribution in [1.82, 2.24) is 5.01 Å². The molecule has 0 saturated carbocycles. The van der Waals surface area contributed by atoms with E-state index in [-0.39, 0.29) is 18.2 Å². The summed E-state index contributed by atoms with van der Waals surface area (Å²) in [6.07, 6.45) is -0.139. The molecule has 17 heavy (non-hydrogen) atoms. The summed E-state index contributed by atoms with van der Waals surface area (Å²) in [6.45, 7) is 2.50. The van der Waals surface area contributed by atoms with Gasteiger partial charge in [-0.15, -0.1) is 0 Å². The number of carbonyl (C=O) groups is 1. The number of phenolic OH excluding ortho intramolecular Hbond substituents is 1. The molecule has 0 aromatic heterocycles. The van der Waals surface area contributed by atoms with Gasteiger partial charge >= 0.3 is 0 Å². The van der Waals surface area contributed by atoms with Crippen molar-refractivity contribution in [3.05, 3.63) is 24.3 Å². The molecule has 0 radical (unpaired) electrons. The monoisotopic (exact) mass is 236 g/mol. The molecule has 1 aliphatic heterocycles. The number of nitrogens with zero attached hydrogens (tertiary/aromatic N) is 2. The molecule has 0 spiro atoms. The van der Waals surface area contributed by atoms with E-state index in [0.717, 1.165) is 5.69 Å². The lowest BCUT2D eigenvalue weighted by Crippen LogP contribution is -2.43. The zero-order chi connectivity index (χ0) is 12.4. The third-order valence-corrected chi connectivity index (χ3v) is 2.68. The van der Waals surface area contributed by atoms with Crippen molar-refractivity contribution in [2.24, 2.45) is 0 Å². The Balaban J connectivity index is 2.22. The SMILES string of the molecule is CC(O)CN1C(=O)CCN1c1cccc(O)c1. The Morgan fingerprint density at radius 1 is 1.47 bits per heavy atom. The number of β-amino-alcohol motifs (C(OH)–C–C–N with tert-alkyl or cyclic N) is 1. The Kier molecular flexibility index (Phi) is 3.19. The van der Waals surface area contributed by atoms with Gasteiger partial charge in [-0.3, -0.25) is 14.8 Å². The van der Waals surface area contributed by atoms with Crippen LogP contribution in [0.3, 0.4) is 0 Å². The highest BCUT2D eigenvalue weighted by atomic mass is 16.3. The van der Waals surface area contributed by atoms with E-state index in [1.54, 1.807) is 30.1 Å². The molecule has 1 aliphatic rings. The van der Waals surface area contributed by atoms with Crippen LogP contribution in [0.4, 0.5) is 5.69 Å². The van der Waals surface area contributed by atoms with Gasteiger partial charge < -0.3 is 10.2 Å². The van der Waals surface area contributed by atoms with Gasteiger partial charge in [-0.05, 0) is 19.1 Å². The number of benzene rings is 1. The lowest BCUT2D eigenvalue weighted by molar-refractivity contribution is -0.129. The van der Waals surface area contributed by atoms with Crippen molar-refractivity contribution in [2.45, 2.75) is 19.4 Å². The largest absolute Gasteiger partial charge is 0.508 e. The summed E-state index contributed by atoms with van der Waals surface area (Å²) in [6, 6.07) is 6.75. The van der Waals surface area contributed by atoms with Crippen LogP contribution in [-0.4, -0.2) is 40.3 Å². The van der Waals surface area contributed by atoms with Gasteiger partial charge in [0.2, 0.25) is 5.91 Å². The molecule has 0 aliphatic carbocycles. The number of hydrogen-bond donors (Lipinski definition) is 2. The van der Waals surface area contributed by atoms with Crippen LogP contribution >= 0.6 is 0 Å². The Morgan fingerprint density at radius 3 is 2.88 bits per heavy atom. The second-order valence-electron chi connectivity index (χ2n) is 4.22. The Labute approximate surface area is 99.9 Å². The first-order valence-electron chi connectivity index (χ1n) is 5.63. The first-order chi connectivity index (χ1) is 8.08. The topological polar surface area (TPSA) is 64.0 Å². The average Bonchev–Trinajstić information content (AvgIpc) is 2.60. The standard InChI is InChI=1S/C12H16N2O3/c1-9(15)8-14-12(17)5-6-13(14)10-3-2-4-11(16)7-10/h2-4,7,9,15-16H,5-6,8H2,1H3. The third kappa shape index (κ3) is 2.50. The van der Waals surface area contributed by atoms with Gasteiger partial charge in [-0.1, -0.05) is 6.07 Å². The number of aliphatic hydroxyl groups is 1. The molecule has 5 heteroatoms. The smallest absolute Gasteiger partial charge is 0.243 e. The summed E-state index contributed by atoms with van der Waals surface area (Å²) in [4.78, 5) is 11.7. The minimum atomic E-state index is -0.572. The van der Waals surface area contributed by atoms with Crippen molar-refractivity contribution in [3.63, 3.8) is 0 Å². The molecule has 1 fully saturated rings. The van der Waals surface area contributed by atoms with Gasteiger partial charge in [0.1, 0.15) is 5.75 Å². The Hall–Kier alpha value is -1.75. The minimum Gasteiger partial charge on any atom is -0.508 e. The minimum absolute atomic E-state index is 0.00533. The van der Waals surface area contributed by atoms with Crippen LogP contribution in [0.15, 0.2) is 24.3 Å². The molecule has 1 saturated heterocycles. The third-order valence-electron chi connectivity index (χ3n) is 2.68. The normalized spacial score (nSPS) is 17.6. The summed E-state index contributed by atoms with van der Waals surface area (Å²) >= 11 is 0. The number of hydrogen-bond acceptors (Lipinski definition) is 4. The fourth-order valence-electron chi connectivity index (χ4n) is 1.96. The van der Waals surface area contributed by atoms with Crippen LogP contribution in [0.25, 0.3) is 0 Å². The summed E-state index contributed by atoms with van der Waals surface area (Å²) < 4.78 is 0. The van der Waals surface area contributed by atoms with Gasteiger partial charge in [0.05, 0.1) is 18.3 Å². The quantitative estimate of drug-likeness (QED) is 0.812. The Morgan fingerprint density at radius 2 is 2.24 bits per heavy atom. The molecule has 1 atom stereocenters. The maximum Gasteiger partial charge on any atom is 0.243 e. The highest BCUT2D eigenvalue weighted by Gasteiger charge is 2.29. The highest BCUT2D eigenvalue weighted by molar-refractivity contribution is 5.82. The highest BCUT2D eigenvalue weighted by Crippen LogP contribution is 2.25. The van der Waals surface area contributed by atoms with Crippen molar-refractivity contribution in [1.29, 1.82) is 0 Å². The second kappa shape index (κ2) is 4.63. The van der Waals surface area contributed by atoms with E-state index in [0.29, 0.717) is 13.0 Å². The molecule has 1 unspecified atom stereocenters. The molecule has 2 rings (SSSR count). The second-order valence-corrected chi connectivity index (χ2v) is 4.22. The average molecular weight is 236 g/mol. The predicted octanol–water partition coefficient (Wildman–Crippen LogP) is 0.727. The van der Waals surface area contributed by atoms with Crippen molar-refractivity contribution in [2.75, 3.05) is 18.1 Å². The first kappa shape index (κ1) is 11.7.